The summed E-state index contributed by atoms with van der Waals surface area (Å²) in [4.78, 5) is 10.5. The topological polar surface area (TPSA) is 67.8 Å². The van der Waals surface area contributed by atoms with Crippen LogP contribution in [-0.2, 0) is 4.79 Å². The third kappa shape index (κ3) is 1.34. The molecule has 0 saturated heterocycles. The molecule has 1 aliphatic rings. The Kier molecular flexibility index (Phi) is 1.59. The van der Waals surface area contributed by atoms with Crippen molar-refractivity contribution < 1.29 is 4.79 Å². The summed E-state index contributed by atoms with van der Waals surface area (Å²) in [6.45, 7) is 0. The van der Waals surface area contributed by atoms with E-state index in [2.05, 4.69) is 10.2 Å². The van der Waals surface area contributed by atoms with Gasteiger partial charge in [0.15, 0.2) is 0 Å². The van der Waals surface area contributed by atoms with E-state index in [1.807, 2.05) is 0 Å². The van der Waals surface area contributed by atoms with Gasteiger partial charge in [-0.2, -0.15) is 0 Å². The largest absolute Gasteiger partial charge is 0.316 e. The third-order valence-corrected chi connectivity index (χ3v) is 1.05. The molecule has 4 nitrogen and oxygen atoms in total. The van der Waals surface area contributed by atoms with E-state index in [4.69, 9.17) is 17.3 Å². The highest BCUT2D eigenvalue weighted by molar-refractivity contribution is 6.29. The molecule has 0 spiro atoms. The van der Waals surface area contributed by atoms with Crippen LogP contribution in [0.25, 0.3) is 0 Å². The monoisotopic (exact) mass is 145 g/mol. The lowest BCUT2D eigenvalue weighted by molar-refractivity contribution is -0.118. The van der Waals surface area contributed by atoms with Gasteiger partial charge in [-0.15, -0.1) is 10.2 Å². The Bertz CT molecular complexity index is 198. The number of carbonyl (C=O) groups is 1. The number of carbonyl (C=O) groups excluding carboxylic acids is 1. The maximum Gasteiger partial charge on any atom is 0.285 e. The Hall–Kier alpha value is -0.740. The van der Waals surface area contributed by atoms with Crippen molar-refractivity contribution in [3.05, 3.63) is 11.2 Å². The third-order valence-electron chi connectivity index (χ3n) is 0.846. The SMILES string of the molecule is NC1C=C(Cl)N=NC1=O. The van der Waals surface area contributed by atoms with Crippen LogP contribution in [-0.4, -0.2) is 11.9 Å². The van der Waals surface area contributed by atoms with E-state index in [0.29, 0.717) is 0 Å². The Balaban J connectivity index is 2.82. The lowest BCUT2D eigenvalue weighted by atomic mass is 10.3. The van der Waals surface area contributed by atoms with Crippen molar-refractivity contribution in [2.45, 2.75) is 6.04 Å². The molecule has 5 heteroatoms. The molecule has 1 aliphatic heterocycles. The van der Waals surface area contributed by atoms with E-state index in [1.165, 1.54) is 6.08 Å². The fraction of sp³-hybridized carbons (Fsp3) is 0.250. The molecular formula is C4H4ClN3O. The molecule has 0 aromatic heterocycles. The van der Waals surface area contributed by atoms with E-state index in [1.54, 1.807) is 0 Å². The second-order valence-corrected chi connectivity index (χ2v) is 1.94. The molecule has 9 heavy (non-hydrogen) atoms. The fourth-order valence-corrected chi connectivity index (χ4v) is 0.590. The minimum atomic E-state index is -0.713. The lowest BCUT2D eigenvalue weighted by Crippen LogP contribution is -2.27. The molecule has 0 bridgehead atoms. The van der Waals surface area contributed by atoms with Gasteiger partial charge in [0.05, 0.1) is 0 Å². The van der Waals surface area contributed by atoms with Crippen LogP contribution in [0.2, 0.25) is 0 Å². The highest BCUT2D eigenvalue weighted by atomic mass is 35.5. The van der Waals surface area contributed by atoms with Gasteiger partial charge in [-0.3, -0.25) is 4.79 Å². The number of hydrogen-bond donors (Lipinski definition) is 1. The van der Waals surface area contributed by atoms with Crippen LogP contribution < -0.4 is 5.73 Å². The molecule has 0 aliphatic carbocycles. The zero-order valence-corrected chi connectivity index (χ0v) is 5.17. The van der Waals surface area contributed by atoms with Gasteiger partial charge in [0.1, 0.15) is 11.2 Å². The second-order valence-electron chi connectivity index (χ2n) is 1.55. The van der Waals surface area contributed by atoms with Crippen LogP contribution in [0.15, 0.2) is 21.5 Å². The van der Waals surface area contributed by atoms with E-state index in [-0.39, 0.29) is 5.16 Å². The Labute approximate surface area is 56.4 Å². The van der Waals surface area contributed by atoms with Crippen molar-refractivity contribution in [2.24, 2.45) is 16.0 Å². The summed E-state index contributed by atoms with van der Waals surface area (Å²) in [6.07, 6.45) is 1.34. The predicted molar refractivity (Wildman–Crippen MR) is 31.8 cm³/mol. The van der Waals surface area contributed by atoms with Crippen LogP contribution >= 0.6 is 11.6 Å². The average molecular weight is 146 g/mol. The van der Waals surface area contributed by atoms with E-state index >= 15 is 0 Å². The Morgan fingerprint density at radius 2 is 2.33 bits per heavy atom. The number of amides is 1. The Morgan fingerprint density at radius 1 is 1.67 bits per heavy atom. The summed E-state index contributed by atoms with van der Waals surface area (Å²) in [5.41, 5.74) is 5.20. The second kappa shape index (κ2) is 2.24. The van der Waals surface area contributed by atoms with Crippen molar-refractivity contribution in [2.75, 3.05) is 0 Å². The number of azo groups is 1. The minimum absolute atomic E-state index is 0.169. The van der Waals surface area contributed by atoms with Gasteiger partial charge in [-0.05, 0) is 6.08 Å². The van der Waals surface area contributed by atoms with E-state index in [0.717, 1.165) is 0 Å². The molecule has 48 valence electrons. The summed E-state index contributed by atoms with van der Waals surface area (Å²) in [5.74, 6) is -0.459. The van der Waals surface area contributed by atoms with Gasteiger partial charge in [0, 0.05) is 0 Å². The summed E-state index contributed by atoms with van der Waals surface area (Å²) < 4.78 is 0. The van der Waals surface area contributed by atoms with Crippen molar-refractivity contribution >= 4 is 17.5 Å². The van der Waals surface area contributed by atoms with Gasteiger partial charge in [0.25, 0.3) is 5.91 Å². The predicted octanol–water partition coefficient (Wildman–Crippen LogP) is 0.386. The van der Waals surface area contributed by atoms with Gasteiger partial charge in [0.2, 0.25) is 0 Å². The van der Waals surface area contributed by atoms with Gasteiger partial charge in [-0.1, -0.05) is 11.6 Å². The molecule has 1 amide bonds. The van der Waals surface area contributed by atoms with Crippen molar-refractivity contribution in [1.82, 2.24) is 0 Å². The molecule has 0 radical (unpaired) electrons. The molecule has 0 fully saturated rings. The van der Waals surface area contributed by atoms with E-state index < -0.39 is 11.9 Å². The molecule has 1 unspecified atom stereocenters. The molecule has 1 rings (SSSR count). The zero-order chi connectivity index (χ0) is 6.85. The van der Waals surface area contributed by atoms with Crippen molar-refractivity contribution in [1.29, 1.82) is 0 Å². The molecule has 0 aromatic carbocycles. The van der Waals surface area contributed by atoms with Gasteiger partial charge in [-0.25, -0.2) is 0 Å². The molecule has 1 atom stereocenters. The lowest BCUT2D eigenvalue weighted by Gasteiger charge is -2.02. The number of rotatable bonds is 0. The van der Waals surface area contributed by atoms with E-state index in [9.17, 15) is 4.79 Å². The first-order valence-corrected chi connectivity index (χ1v) is 2.66. The molecule has 2 N–H and O–H groups in total. The number of nitrogens with zero attached hydrogens (tertiary/aromatic N) is 2. The smallest absolute Gasteiger partial charge is 0.285 e. The van der Waals surface area contributed by atoms with Crippen molar-refractivity contribution in [3.8, 4) is 0 Å². The van der Waals surface area contributed by atoms with Crippen LogP contribution in [0.3, 0.4) is 0 Å². The number of nitrogens with two attached hydrogens (primary N) is 1. The molecule has 0 saturated carbocycles. The van der Waals surface area contributed by atoms with Crippen LogP contribution in [0.4, 0.5) is 0 Å². The molecule has 1 heterocycles. The maximum atomic E-state index is 10.5. The van der Waals surface area contributed by atoms with Crippen LogP contribution in [0.1, 0.15) is 0 Å². The first-order chi connectivity index (χ1) is 4.20. The average Bonchev–Trinajstić information content (AvgIpc) is 1.80. The normalized spacial score (nSPS) is 26.2. The summed E-state index contributed by atoms with van der Waals surface area (Å²) in [5, 5.41) is 6.60. The summed E-state index contributed by atoms with van der Waals surface area (Å²) in [6, 6.07) is -0.713. The highest BCUT2D eigenvalue weighted by Gasteiger charge is 2.14. The summed E-state index contributed by atoms with van der Waals surface area (Å²) >= 11 is 5.35. The molecular weight excluding hydrogens is 142 g/mol. The van der Waals surface area contributed by atoms with Gasteiger partial charge >= 0.3 is 0 Å². The van der Waals surface area contributed by atoms with Crippen molar-refractivity contribution in [3.63, 3.8) is 0 Å². The fourth-order valence-electron chi connectivity index (χ4n) is 0.417. The quantitative estimate of drug-likeness (QED) is 0.501. The highest BCUT2D eigenvalue weighted by Crippen LogP contribution is 2.10. The molecule has 0 aromatic rings. The zero-order valence-electron chi connectivity index (χ0n) is 4.41. The summed E-state index contributed by atoms with van der Waals surface area (Å²) in [7, 11) is 0. The standard InChI is InChI=1S/C4H4ClN3O/c5-3-1-2(6)4(9)8-7-3/h1-2H,6H2. The first-order valence-electron chi connectivity index (χ1n) is 2.28. The first kappa shape index (κ1) is 6.38. The minimum Gasteiger partial charge on any atom is -0.316 e. The number of hydrogen-bond acceptors (Lipinski definition) is 3. The van der Waals surface area contributed by atoms with Crippen LogP contribution in [0.5, 0.6) is 0 Å². The number of halogens is 1. The van der Waals surface area contributed by atoms with Gasteiger partial charge < -0.3 is 5.73 Å². The maximum absolute atomic E-state index is 10.5. The van der Waals surface area contributed by atoms with Crippen LogP contribution in [0, 0.1) is 0 Å². The Morgan fingerprint density at radius 3 is 2.78 bits per heavy atom.